The van der Waals surface area contributed by atoms with E-state index in [0.29, 0.717) is 11.5 Å². The van der Waals surface area contributed by atoms with Crippen LogP contribution in [0.2, 0.25) is 0 Å². The van der Waals surface area contributed by atoms with Crippen molar-refractivity contribution in [2.24, 2.45) is 0 Å². The Morgan fingerprint density at radius 1 is 1.33 bits per heavy atom. The second-order valence-corrected chi connectivity index (χ2v) is 6.18. The lowest BCUT2D eigenvalue weighted by Gasteiger charge is -2.21. The number of hydrogen-bond acceptors (Lipinski definition) is 2. The molecule has 1 saturated carbocycles. The summed E-state index contributed by atoms with van der Waals surface area (Å²) < 4.78 is 1.79. The molecule has 1 aromatic rings. The van der Waals surface area contributed by atoms with Crippen LogP contribution in [0.3, 0.4) is 0 Å². The number of aromatic nitrogens is 2. The van der Waals surface area contributed by atoms with Crippen LogP contribution < -0.4 is 0 Å². The minimum atomic E-state index is -0.855. The lowest BCUT2D eigenvalue weighted by molar-refractivity contribution is 0.0694. The van der Waals surface area contributed by atoms with Gasteiger partial charge in [0.25, 0.3) is 0 Å². The van der Waals surface area contributed by atoms with Crippen LogP contribution >= 0.6 is 0 Å². The minimum absolute atomic E-state index is 0.170. The molecule has 1 aromatic heterocycles. The van der Waals surface area contributed by atoms with Gasteiger partial charge in [0.1, 0.15) is 5.56 Å². The van der Waals surface area contributed by atoms with E-state index in [1.54, 1.807) is 10.9 Å². The van der Waals surface area contributed by atoms with Crippen LogP contribution in [-0.2, 0) is 5.54 Å². The molecule has 0 atom stereocenters. The van der Waals surface area contributed by atoms with E-state index < -0.39 is 5.97 Å². The predicted octanol–water partition coefficient (Wildman–Crippen LogP) is 3.38. The van der Waals surface area contributed by atoms with Crippen LogP contribution in [0, 0.1) is 0 Å². The molecule has 0 bridgehead atoms. The quantitative estimate of drug-likeness (QED) is 0.875. The molecule has 0 saturated heterocycles. The van der Waals surface area contributed by atoms with E-state index in [9.17, 15) is 9.90 Å². The Bertz CT molecular complexity index is 437. The first-order valence-corrected chi connectivity index (χ1v) is 6.73. The topological polar surface area (TPSA) is 55.1 Å². The van der Waals surface area contributed by atoms with Gasteiger partial charge in [0.2, 0.25) is 0 Å². The smallest absolute Gasteiger partial charge is 0.339 e. The summed E-state index contributed by atoms with van der Waals surface area (Å²) in [4.78, 5) is 11.4. The highest BCUT2D eigenvalue weighted by Crippen LogP contribution is 2.34. The number of nitrogens with zero attached hydrogens (tertiary/aromatic N) is 2. The van der Waals surface area contributed by atoms with E-state index in [4.69, 9.17) is 0 Å². The molecule has 0 aromatic carbocycles. The van der Waals surface area contributed by atoms with Gasteiger partial charge in [0, 0.05) is 12.1 Å². The fourth-order valence-corrected chi connectivity index (χ4v) is 2.57. The third kappa shape index (κ3) is 2.57. The average molecular weight is 250 g/mol. The zero-order chi connectivity index (χ0) is 13.3. The van der Waals surface area contributed by atoms with Crippen LogP contribution in [0.5, 0.6) is 0 Å². The monoisotopic (exact) mass is 250 g/mol. The van der Waals surface area contributed by atoms with Gasteiger partial charge in [-0.2, -0.15) is 5.10 Å². The van der Waals surface area contributed by atoms with Crippen LogP contribution in [-0.4, -0.2) is 20.9 Å². The molecule has 0 unspecified atom stereocenters. The number of aromatic carboxylic acids is 1. The fourth-order valence-electron chi connectivity index (χ4n) is 2.57. The van der Waals surface area contributed by atoms with E-state index >= 15 is 0 Å². The van der Waals surface area contributed by atoms with E-state index in [-0.39, 0.29) is 5.54 Å². The molecule has 18 heavy (non-hydrogen) atoms. The lowest BCUT2D eigenvalue weighted by Crippen LogP contribution is -2.22. The molecule has 0 radical (unpaired) electrons. The summed E-state index contributed by atoms with van der Waals surface area (Å²) in [6.07, 6.45) is 7.46. The van der Waals surface area contributed by atoms with E-state index in [1.165, 1.54) is 19.3 Å². The summed E-state index contributed by atoms with van der Waals surface area (Å²) in [7, 11) is 0. The Morgan fingerprint density at radius 2 is 1.94 bits per heavy atom. The third-order valence-electron chi connectivity index (χ3n) is 3.65. The summed E-state index contributed by atoms with van der Waals surface area (Å²) in [6, 6.07) is 0. The predicted molar refractivity (Wildman–Crippen MR) is 70.0 cm³/mol. The van der Waals surface area contributed by atoms with Crippen molar-refractivity contribution >= 4 is 5.97 Å². The maximum Gasteiger partial charge on any atom is 0.339 e. The van der Waals surface area contributed by atoms with Gasteiger partial charge >= 0.3 is 5.97 Å². The Balaban J connectivity index is 2.38. The average Bonchev–Trinajstić information content (AvgIpc) is 2.74. The fraction of sp³-hybridized carbons (Fsp3) is 0.714. The Labute approximate surface area is 108 Å². The molecule has 0 aliphatic heterocycles. The summed E-state index contributed by atoms with van der Waals surface area (Å²) in [5.74, 6) is -0.528. The van der Waals surface area contributed by atoms with Gasteiger partial charge in [-0.1, -0.05) is 19.3 Å². The van der Waals surface area contributed by atoms with Crippen molar-refractivity contribution in [3.63, 3.8) is 0 Å². The molecule has 4 heteroatoms. The highest BCUT2D eigenvalue weighted by atomic mass is 16.4. The molecule has 0 spiro atoms. The number of hydrogen-bond donors (Lipinski definition) is 1. The van der Waals surface area contributed by atoms with Gasteiger partial charge in [-0.25, -0.2) is 4.79 Å². The maximum atomic E-state index is 11.4. The highest BCUT2D eigenvalue weighted by molar-refractivity contribution is 5.88. The van der Waals surface area contributed by atoms with Gasteiger partial charge in [0.05, 0.1) is 11.2 Å². The molecule has 4 nitrogen and oxygen atoms in total. The van der Waals surface area contributed by atoms with Gasteiger partial charge in [-0.3, -0.25) is 4.68 Å². The maximum absolute atomic E-state index is 11.4. The number of carbonyl (C=O) groups is 1. The molecule has 100 valence electrons. The van der Waals surface area contributed by atoms with Crippen molar-refractivity contribution in [2.45, 2.75) is 64.3 Å². The largest absolute Gasteiger partial charge is 0.478 e. The molecule has 1 heterocycles. The molecule has 2 rings (SSSR count). The van der Waals surface area contributed by atoms with Gasteiger partial charge in [0.15, 0.2) is 0 Å². The van der Waals surface area contributed by atoms with Crippen molar-refractivity contribution in [3.8, 4) is 0 Å². The van der Waals surface area contributed by atoms with E-state index in [1.807, 2.05) is 20.8 Å². The number of carboxylic acid groups (broad SMARTS) is 1. The summed E-state index contributed by atoms with van der Waals surface area (Å²) in [6.45, 7) is 6.11. The van der Waals surface area contributed by atoms with E-state index in [2.05, 4.69) is 5.10 Å². The number of rotatable bonds is 2. The second kappa shape index (κ2) is 4.75. The Hall–Kier alpha value is -1.32. The summed E-state index contributed by atoms with van der Waals surface area (Å²) in [5, 5.41) is 13.9. The Morgan fingerprint density at radius 3 is 2.44 bits per heavy atom. The summed E-state index contributed by atoms with van der Waals surface area (Å²) in [5.41, 5.74) is 1.01. The first kappa shape index (κ1) is 13.1. The SMILES string of the molecule is CC(C)(C)n1cc(C(=O)O)c(C2CCCCC2)n1. The number of carboxylic acids is 1. The van der Waals surface area contributed by atoms with Crippen molar-refractivity contribution < 1.29 is 9.90 Å². The molecular formula is C14H22N2O2. The van der Waals surface area contributed by atoms with Gasteiger partial charge in [-0.15, -0.1) is 0 Å². The molecule has 1 N–H and O–H groups in total. The minimum Gasteiger partial charge on any atom is -0.478 e. The molecule has 1 aliphatic rings. The first-order chi connectivity index (χ1) is 8.39. The third-order valence-corrected chi connectivity index (χ3v) is 3.65. The molecule has 1 aliphatic carbocycles. The van der Waals surface area contributed by atoms with Crippen LogP contribution in [0.25, 0.3) is 0 Å². The van der Waals surface area contributed by atoms with E-state index in [0.717, 1.165) is 18.5 Å². The van der Waals surface area contributed by atoms with Crippen molar-refractivity contribution in [3.05, 3.63) is 17.5 Å². The molecule has 0 amide bonds. The zero-order valence-corrected chi connectivity index (χ0v) is 11.4. The van der Waals surface area contributed by atoms with Gasteiger partial charge < -0.3 is 5.11 Å². The zero-order valence-electron chi connectivity index (χ0n) is 11.4. The van der Waals surface area contributed by atoms with Crippen LogP contribution in [0.1, 0.15) is 74.8 Å². The highest BCUT2D eigenvalue weighted by Gasteiger charge is 2.27. The Kier molecular flexibility index (Phi) is 3.46. The van der Waals surface area contributed by atoms with Gasteiger partial charge in [-0.05, 0) is 33.6 Å². The molecule has 1 fully saturated rings. The normalized spacial score (nSPS) is 17.9. The van der Waals surface area contributed by atoms with Crippen LogP contribution in [0.4, 0.5) is 0 Å². The standard InChI is InChI=1S/C14H22N2O2/c1-14(2,3)16-9-11(13(17)18)12(15-16)10-7-5-4-6-8-10/h9-10H,4-8H2,1-3H3,(H,17,18). The van der Waals surface area contributed by atoms with Crippen molar-refractivity contribution in [1.82, 2.24) is 9.78 Å². The van der Waals surface area contributed by atoms with Crippen molar-refractivity contribution in [1.29, 1.82) is 0 Å². The van der Waals surface area contributed by atoms with Crippen molar-refractivity contribution in [2.75, 3.05) is 0 Å². The lowest BCUT2D eigenvalue weighted by atomic mass is 9.85. The molecular weight excluding hydrogens is 228 g/mol. The summed E-state index contributed by atoms with van der Waals surface area (Å²) >= 11 is 0. The van der Waals surface area contributed by atoms with Crippen LogP contribution in [0.15, 0.2) is 6.20 Å². The second-order valence-electron chi connectivity index (χ2n) is 6.18. The first-order valence-electron chi connectivity index (χ1n) is 6.73.